The van der Waals surface area contributed by atoms with Crippen LogP contribution in [0.2, 0.25) is 0 Å². The molecule has 5 nitrogen and oxygen atoms in total. The Labute approximate surface area is 177 Å². The number of aliphatic hydroxyl groups is 1. The fourth-order valence-electron chi connectivity index (χ4n) is 4.33. The van der Waals surface area contributed by atoms with Gasteiger partial charge in [0.25, 0.3) is 11.5 Å². The van der Waals surface area contributed by atoms with Crippen molar-refractivity contribution in [1.82, 2.24) is 9.72 Å². The van der Waals surface area contributed by atoms with Gasteiger partial charge in [-0.25, -0.2) is 0 Å². The molecule has 5 rings (SSSR count). The van der Waals surface area contributed by atoms with Gasteiger partial charge in [-0.15, -0.1) is 11.3 Å². The lowest BCUT2D eigenvalue weighted by Gasteiger charge is -2.28. The number of pyridine rings is 2. The van der Waals surface area contributed by atoms with Crippen LogP contribution in [0.25, 0.3) is 26.7 Å². The molecule has 2 N–H and O–H groups in total. The highest BCUT2D eigenvalue weighted by Gasteiger charge is 2.26. The van der Waals surface area contributed by atoms with E-state index >= 15 is 0 Å². The Morgan fingerprint density at radius 3 is 2.70 bits per heavy atom. The molecular weight excluding hydrogens is 396 g/mol. The minimum Gasteiger partial charge on any atom is -0.391 e. The Bertz CT molecular complexity index is 1290. The SMILES string of the molecule is O=C(N[C@H]1CCCC[C@@H]1O)c1cc(-c2ccccc2)c(=O)n2ccc3ccsc3c12. The van der Waals surface area contributed by atoms with Crippen molar-refractivity contribution in [2.24, 2.45) is 0 Å². The third kappa shape index (κ3) is 3.22. The molecular formula is C24H22N2O3S. The number of carbonyl (C=O) groups is 1. The van der Waals surface area contributed by atoms with Gasteiger partial charge in [-0.3, -0.25) is 14.0 Å². The van der Waals surface area contributed by atoms with Gasteiger partial charge >= 0.3 is 0 Å². The number of aliphatic hydroxyl groups excluding tert-OH is 1. The summed E-state index contributed by atoms with van der Waals surface area (Å²) in [5.41, 5.74) is 2.18. The molecule has 0 bridgehead atoms. The van der Waals surface area contributed by atoms with Gasteiger partial charge in [-0.05, 0) is 47.4 Å². The zero-order valence-corrected chi connectivity index (χ0v) is 17.2. The number of aromatic nitrogens is 1. The Kier molecular flexibility index (Phi) is 4.89. The summed E-state index contributed by atoms with van der Waals surface area (Å²) in [7, 11) is 0. The summed E-state index contributed by atoms with van der Waals surface area (Å²) in [5.74, 6) is -0.253. The van der Waals surface area contributed by atoms with E-state index in [0.29, 0.717) is 23.1 Å². The lowest BCUT2D eigenvalue weighted by molar-refractivity contribution is 0.0718. The summed E-state index contributed by atoms with van der Waals surface area (Å²) in [6.45, 7) is 0. The number of benzene rings is 1. The minimum atomic E-state index is -0.532. The van der Waals surface area contributed by atoms with E-state index in [-0.39, 0.29) is 17.5 Å². The van der Waals surface area contributed by atoms with Gasteiger partial charge in [-0.2, -0.15) is 0 Å². The van der Waals surface area contributed by atoms with Crippen molar-refractivity contribution in [2.75, 3.05) is 0 Å². The third-order valence-electron chi connectivity index (χ3n) is 5.92. The number of nitrogens with one attached hydrogen (secondary N) is 1. The minimum absolute atomic E-state index is 0.152. The average molecular weight is 419 g/mol. The summed E-state index contributed by atoms with van der Waals surface area (Å²) < 4.78 is 2.48. The maximum atomic E-state index is 13.4. The molecule has 30 heavy (non-hydrogen) atoms. The highest BCUT2D eigenvalue weighted by molar-refractivity contribution is 7.18. The monoisotopic (exact) mass is 418 g/mol. The van der Waals surface area contributed by atoms with E-state index in [1.165, 1.54) is 11.3 Å². The standard InChI is InChI=1S/C24H22N2O3S/c27-20-9-5-4-8-19(20)25-23(28)18-14-17(15-6-2-1-3-7-15)24(29)26-12-10-16-11-13-30-22(16)21(18)26/h1-3,6-7,10-14,19-20,27H,4-5,8-9H2,(H,25,28)/t19-,20-/m0/s1. The summed E-state index contributed by atoms with van der Waals surface area (Å²) in [6.07, 6.45) is 4.63. The van der Waals surface area contributed by atoms with Crippen LogP contribution in [0.4, 0.5) is 0 Å². The molecule has 1 amide bonds. The van der Waals surface area contributed by atoms with E-state index in [0.717, 1.165) is 34.9 Å². The van der Waals surface area contributed by atoms with Crippen molar-refractivity contribution in [3.05, 3.63) is 76.0 Å². The predicted molar refractivity (Wildman–Crippen MR) is 120 cm³/mol. The summed E-state index contributed by atoms with van der Waals surface area (Å²) in [6, 6.07) is 14.7. The molecule has 3 heterocycles. The molecule has 3 aromatic heterocycles. The van der Waals surface area contributed by atoms with Gasteiger partial charge in [0.15, 0.2) is 0 Å². The van der Waals surface area contributed by atoms with Crippen molar-refractivity contribution in [2.45, 2.75) is 37.8 Å². The molecule has 1 aliphatic carbocycles. The van der Waals surface area contributed by atoms with E-state index in [1.807, 2.05) is 47.8 Å². The molecule has 0 unspecified atom stereocenters. The van der Waals surface area contributed by atoms with Gasteiger partial charge < -0.3 is 10.4 Å². The first kappa shape index (κ1) is 19.0. The van der Waals surface area contributed by atoms with Crippen molar-refractivity contribution < 1.29 is 9.90 Å². The lowest BCUT2D eigenvalue weighted by atomic mass is 9.92. The van der Waals surface area contributed by atoms with Gasteiger partial charge in [0.05, 0.1) is 27.9 Å². The summed E-state index contributed by atoms with van der Waals surface area (Å²) in [4.78, 5) is 26.7. The molecule has 1 aliphatic rings. The first-order valence-electron chi connectivity index (χ1n) is 10.2. The molecule has 152 valence electrons. The molecule has 0 spiro atoms. The van der Waals surface area contributed by atoms with Gasteiger partial charge in [0, 0.05) is 11.8 Å². The van der Waals surface area contributed by atoms with E-state index in [1.54, 1.807) is 16.7 Å². The van der Waals surface area contributed by atoms with Gasteiger partial charge in [0.2, 0.25) is 0 Å². The zero-order valence-electron chi connectivity index (χ0n) is 16.4. The number of nitrogens with zero attached hydrogens (tertiary/aromatic N) is 1. The number of thiophene rings is 1. The van der Waals surface area contributed by atoms with Crippen LogP contribution < -0.4 is 10.9 Å². The van der Waals surface area contributed by atoms with E-state index < -0.39 is 6.10 Å². The molecule has 6 heteroatoms. The van der Waals surface area contributed by atoms with Crippen LogP contribution in [0, 0.1) is 0 Å². The molecule has 1 fully saturated rings. The highest BCUT2D eigenvalue weighted by atomic mass is 32.1. The van der Waals surface area contributed by atoms with Crippen LogP contribution in [0.5, 0.6) is 0 Å². The number of amides is 1. The van der Waals surface area contributed by atoms with Gasteiger partial charge in [-0.1, -0.05) is 43.2 Å². The maximum Gasteiger partial charge on any atom is 0.263 e. The first-order chi connectivity index (χ1) is 14.6. The Morgan fingerprint density at radius 2 is 1.90 bits per heavy atom. The second-order valence-electron chi connectivity index (χ2n) is 7.81. The molecule has 0 radical (unpaired) electrons. The van der Waals surface area contributed by atoms with Crippen LogP contribution >= 0.6 is 11.3 Å². The van der Waals surface area contributed by atoms with Crippen LogP contribution in [-0.4, -0.2) is 27.6 Å². The number of hydrogen-bond donors (Lipinski definition) is 2. The Balaban J connectivity index is 1.72. The topological polar surface area (TPSA) is 70.8 Å². The number of rotatable bonds is 3. The fourth-order valence-corrected chi connectivity index (χ4v) is 5.27. The number of hydrogen-bond acceptors (Lipinski definition) is 4. The third-order valence-corrected chi connectivity index (χ3v) is 6.86. The van der Waals surface area contributed by atoms with E-state index in [4.69, 9.17) is 0 Å². The lowest BCUT2D eigenvalue weighted by Crippen LogP contribution is -2.45. The van der Waals surface area contributed by atoms with Crippen molar-refractivity contribution in [3.63, 3.8) is 0 Å². The molecule has 1 aromatic carbocycles. The van der Waals surface area contributed by atoms with Gasteiger partial charge in [0.1, 0.15) is 0 Å². The Hall–Kier alpha value is -2.96. The summed E-state index contributed by atoms with van der Waals surface area (Å²) >= 11 is 1.52. The Morgan fingerprint density at radius 1 is 1.10 bits per heavy atom. The molecule has 1 saturated carbocycles. The average Bonchev–Trinajstić information content (AvgIpc) is 3.25. The molecule has 0 saturated heterocycles. The molecule has 4 aromatic rings. The highest BCUT2D eigenvalue weighted by Crippen LogP contribution is 2.30. The molecule has 0 aliphatic heterocycles. The fraction of sp³-hybridized carbons (Fsp3) is 0.250. The number of fused-ring (bicyclic) bond motifs is 3. The largest absolute Gasteiger partial charge is 0.391 e. The van der Waals surface area contributed by atoms with Crippen molar-refractivity contribution >= 4 is 32.8 Å². The first-order valence-corrected chi connectivity index (χ1v) is 11.1. The predicted octanol–water partition coefficient (Wildman–Crippen LogP) is 4.21. The second-order valence-corrected chi connectivity index (χ2v) is 8.73. The maximum absolute atomic E-state index is 13.4. The van der Waals surface area contributed by atoms with E-state index in [9.17, 15) is 14.7 Å². The van der Waals surface area contributed by atoms with E-state index in [2.05, 4.69) is 5.32 Å². The zero-order chi connectivity index (χ0) is 20.7. The smallest absolute Gasteiger partial charge is 0.263 e. The second kappa shape index (κ2) is 7.70. The normalized spacial score (nSPS) is 19.2. The van der Waals surface area contributed by atoms with Crippen LogP contribution in [0.15, 0.2) is 64.9 Å². The summed E-state index contributed by atoms with van der Waals surface area (Å²) in [5, 5.41) is 16.3. The van der Waals surface area contributed by atoms with Crippen LogP contribution in [0.1, 0.15) is 36.0 Å². The van der Waals surface area contributed by atoms with Crippen molar-refractivity contribution in [3.8, 4) is 11.1 Å². The quantitative estimate of drug-likeness (QED) is 0.523. The van der Waals surface area contributed by atoms with Crippen LogP contribution in [0.3, 0.4) is 0 Å². The van der Waals surface area contributed by atoms with Crippen LogP contribution in [-0.2, 0) is 0 Å². The molecule has 2 atom stereocenters. The number of carbonyl (C=O) groups excluding carboxylic acids is 1. The van der Waals surface area contributed by atoms with Crippen molar-refractivity contribution in [1.29, 1.82) is 0 Å².